The molecule has 1 aliphatic rings. The summed E-state index contributed by atoms with van der Waals surface area (Å²) in [6.45, 7) is 3.14. The predicted molar refractivity (Wildman–Crippen MR) is 79.8 cm³/mol. The molecule has 22 heavy (non-hydrogen) atoms. The molecule has 1 aromatic rings. The van der Waals surface area contributed by atoms with E-state index >= 15 is 0 Å². The van der Waals surface area contributed by atoms with Crippen LogP contribution in [0.1, 0.15) is 47.4 Å². The average molecular weight is 321 g/mol. The van der Waals surface area contributed by atoms with Gasteiger partial charge in [-0.2, -0.15) is 0 Å². The van der Waals surface area contributed by atoms with E-state index in [0.29, 0.717) is 11.3 Å². The van der Waals surface area contributed by atoms with E-state index in [1.165, 1.54) is 13.0 Å². The fourth-order valence-electron chi connectivity index (χ4n) is 2.43. The van der Waals surface area contributed by atoms with Crippen LogP contribution in [0.2, 0.25) is 0 Å². The number of rotatable bonds is 5. The zero-order chi connectivity index (χ0) is 16.4. The fraction of sp³-hybridized carbons (Fsp3) is 0.333. The molecule has 0 fully saturated rings. The molecule has 1 unspecified atom stereocenters. The van der Waals surface area contributed by atoms with E-state index in [2.05, 4.69) is 0 Å². The van der Waals surface area contributed by atoms with Gasteiger partial charge in [-0.15, -0.1) is 0 Å². The molecule has 0 aromatic heterocycles. The summed E-state index contributed by atoms with van der Waals surface area (Å²) >= 11 is 0.859. The maximum atomic E-state index is 12.5. The Balaban J connectivity index is 2.48. The minimum Gasteiger partial charge on any atom is -0.480 e. The van der Waals surface area contributed by atoms with Gasteiger partial charge in [0, 0.05) is 11.8 Å². The van der Waals surface area contributed by atoms with E-state index in [1.54, 1.807) is 19.1 Å². The summed E-state index contributed by atoms with van der Waals surface area (Å²) < 4.78 is 0. The number of aliphatic carboxylic acids is 1. The number of hydrogen-bond acceptors (Lipinski definition) is 5. The van der Waals surface area contributed by atoms with Gasteiger partial charge in [0.05, 0.1) is 11.1 Å². The Bertz CT molecular complexity index is 670. The number of carbonyl (C=O) groups excluding carboxylic acids is 3. The largest absolute Gasteiger partial charge is 0.480 e. The summed E-state index contributed by atoms with van der Waals surface area (Å²) in [5.41, 5.74) is 0.272. The van der Waals surface area contributed by atoms with E-state index in [9.17, 15) is 24.3 Å². The van der Waals surface area contributed by atoms with E-state index in [4.69, 9.17) is 0 Å². The highest BCUT2D eigenvalue weighted by molar-refractivity contribution is 8.13. The molecule has 1 aliphatic heterocycles. The number of hydrogen-bond donors (Lipinski definition) is 1. The number of fused-ring (bicyclic) bond motifs is 1. The first-order chi connectivity index (χ1) is 10.4. The van der Waals surface area contributed by atoms with Gasteiger partial charge in [-0.1, -0.05) is 31.2 Å². The number of imide groups is 1. The molecule has 2 amide bonds. The van der Waals surface area contributed by atoms with E-state index in [0.717, 1.165) is 16.7 Å². The monoisotopic (exact) mass is 321 g/mol. The van der Waals surface area contributed by atoms with Gasteiger partial charge in [0.1, 0.15) is 6.04 Å². The lowest BCUT2D eigenvalue weighted by molar-refractivity contribution is -0.141. The summed E-state index contributed by atoms with van der Waals surface area (Å²) in [7, 11) is 0. The van der Waals surface area contributed by atoms with Crippen molar-refractivity contribution in [3.05, 3.63) is 29.3 Å². The molecular formula is C15H15NO5S. The van der Waals surface area contributed by atoms with Crippen LogP contribution >= 0.6 is 11.8 Å². The lowest BCUT2D eigenvalue weighted by Crippen LogP contribution is -2.44. The van der Waals surface area contributed by atoms with Crippen LogP contribution in [0, 0.1) is 0 Å². The van der Waals surface area contributed by atoms with Crippen molar-refractivity contribution in [1.82, 2.24) is 4.90 Å². The second-order valence-corrected chi connectivity index (χ2v) is 6.11. The molecule has 1 N–H and O–H groups in total. The maximum absolute atomic E-state index is 12.5. The molecule has 0 aliphatic carbocycles. The number of nitrogens with zero attached hydrogens (tertiary/aromatic N) is 1. The Morgan fingerprint density at radius 2 is 1.95 bits per heavy atom. The van der Waals surface area contributed by atoms with Gasteiger partial charge >= 0.3 is 5.97 Å². The van der Waals surface area contributed by atoms with Crippen LogP contribution in [0.15, 0.2) is 23.1 Å². The zero-order valence-electron chi connectivity index (χ0n) is 12.2. The Morgan fingerprint density at radius 1 is 1.27 bits per heavy atom. The van der Waals surface area contributed by atoms with Crippen LogP contribution in [0.25, 0.3) is 0 Å². The molecule has 1 heterocycles. The quantitative estimate of drug-likeness (QED) is 0.660. The van der Waals surface area contributed by atoms with Crippen molar-refractivity contribution in [3.63, 3.8) is 0 Å². The first-order valence-corrected chi connectivity index (χ1v) is 7.62. The van der Waals surface area contributed by atoms with Crippen LogP contribution in [0.4, 0.5) is 0 Å². The van der Waals surface area contributed by atoms with Gasteiger partial charge in [-0.3, -0.25) is 19.3 Å². The molecule has 1 atom stereocenters. The number of thioether (sulfide) groups is 1. The molecule has 0 radical (unpaired) electrons. The Kier molecular flexibility index (Phi) is 4.65. The number of amides is 2. The van der Waals surface area contributed by atoms with Crippen molar-refractivity contribution in [2.24, 2.45) is 0 Å². The third-order valence-electron chi connectivity index (χ3n) is 3.32. The lowest BCUT2D eigenvalue weighted by Gasteiger charge is -2.21. The predicted octanol–water partition coefficient (Wildman–Crippen LogP) is 2.17. The highest BCUT2D eigenvalue weighted by atomic mass is 32.2. The number of benzene rings is 1. The maximum Gasteiger partial charge on any atom is 0.326 e. The first kappa shape index (κ1) is 16.2. The molecule has 2 rings (SSSR count). The highest BCUT2D eigenvalue weighted by Gasteiger charge is 2.43. The smallest absolute Gasteiger partial charge is 0.326 e. The minimum atomic E-state index is -1.21. The van der Waals surface area contributed by atoms with Crippen molar-refractivity contribution in [1.29, 1.82) is 0 Å². The van der Waals surface area contributed by atoms with Crippen LogP contribution in [0.5, 0.6) is 0 Å². The summed E-state index contributed by atoms with van der Waals surface area (Å²) in [5, 5.41) is 9.08. The SMILES string of the molecule is CCCC(C(=O)O)N1C(=O)c2cccc(SC(C)=O)c2C1=O. The summed E-state index contributed by atoms with van der Waals surface area (Å²) in [5.74, 6) is -2.48. The Hall–Kier alpha value is -2.15. The van der Waals surface area contributed by atoms with Gasteiger partial charge < -0.3 is 5.11 Å². The Labute approximate surface area is 131 Å². The minimum absolute atomic E-state index is 0.120. The molecule has 7 heteroatoms. The van der Waals surface area contributed by atoms with Crippen molar-refractivity contribution in [3.8, 4) is 0 Å². The second-order valence-electron chi connectivity index (χ2n) is 4.90. The average Bonchev–Trinajstić information content (AvgIpc) is 2.69. The van der Waals surface area contributed by atoms with Crippen molar-refractivity contribution >= 4 is 34.7 Å². The molecular weight excluding hydrogens is 306 g/mol. The number of carboxylic acid groups (broad SMARTS) is 1. The van der Waals surface area contributed by atoms with Crippen molar-refractivity contribution in [2.75, 3.05) is 0 Å². The van der Waals surface area contributed by atoms with Gasteiger partial charge in [0.15, 0.2) is 5.12 Å². The molecule has 6 nitrogen and oxygen atoms in total. The van der Waals surface area contributed by atoms with E-state index in [1.807, 2.05) is 0 Å². The fourth-order valence-corrected chi connectivity index (χ4v) is 3.19. The van der Waals surface area contributed by atoms with Gasteiger partial charge in [0.25, 0.3) is 11.8 Å². The van der Waals surface area contributed by atoms with Gasteiger partial charge in [-0.25, -0.2) is 4.79 Å². The summed E-state index contributed by atoms with van der Waals surface area (Å²) in [6.07, 6.45) is 0.718. The second kappa shape index (κ2) is 6.31. The van der Waals surface area contributed by atoms with Crippen LogP contribution in [-0.4, -0.2) is 38.9 Å². The molecule has 116 valence electrons. The highest BCUT2D eigenvalue weighted by Crippen LogP contribution is 2.34. The third-order valence-corrected chi connectivity index (χ3v) is 4.17. The molecule has 0 saturated heterocycles. The van der Waals surface area contributed by atoms with Crippen molar-refractivity contribution < 1.29 is 24.3 Å². The van der Waals surface area contributed by atoms with Crippen LogP contribution in [-0.2, 0) is 9.59 Å². The molecule has 0 bridgehead atoms. The van der Waals surface area contributed by atoms with Crippen molar-refractivity contribution in [2.45, 2.75) is 37.6 Å². The standard InChI is InChI=1S/C15H15NO5S/c1-3-5-10(15(20)21)16-13(18)9-6-4-7-11(22-8(2)17)12(9)14(16)19/h4,6-7,10H,3,5H2,1-2H3,(H,20,21). The summed E-state index contributed by atoms with van der Waals surface area (Å²) in [6, 6.07) is 3.45. The number of carbonyl (C=O) groups is 4. The van der Waals surface area contributed by atoms with E-state index in [-0.39, 0.29) is 22.7 Å². The van der Waals surface area contributed by atoms with E-state index < -0.39 is 23.8 Å². The first-order valence-electron chi connectivity index (χ1n) is 6.80. The molecule has 1 aromatic carbocycles. The van der Waals surface area contributed by atoms with Crippen LogP contribution < -0.4 is 0 Å². The third kappa shape index (κ3) is 2.76. The van der Waals surface area contributed by atoms with Gasteiger partial charge in [-0.05, 0) is 18.6 Å². The normalized spacial score (nSPS) is 14.9. The lowest BCUT2D eigenvalue weighted by atomic mass is 10.1. The van der Waals surface area contributed by atoms with Crippen LogP contribution in [0.3, 0.4) is 0 Å². The topological polar surface area (TPSA) is 91.8 Å². The number of carboxylic acids is 1. The molecule has 0 saturated carbocycles. The zero-order valence-corrected chi connectivity index (χ0v) is 13.0. The summed E-state index contributed by atoms with van der Waals surface area (Å²) in [4.78, 5) is 48.8. The molecule has 0 spiro atoms. The van der Waals surface area contributed by atoms with Gasteiger partial charge in [0.2, 0.25) is 0 Å². The Morgan fingerprint density at radius 3 is 2.50 bits per heavy atom.